The van der Waals surface area contributed by atoms with Gasteiger partial charge in [-0.05, 0) is 12.5 Å². The summed E-state index contributed by atoms with van der Waals surface area (Å²) in [6, 6.07) is 2.43. The fraction of sp³-hybridized carbons (Fsp3) is 0.444. The minimum Gasteiger partial charge on any atom is -0.392 e. The lowest BCUT2D eigenvalue weighted by Crippen LogP contribution is -2.30. The van der Waals surface area contributed by atoms with E-state index in [0.29, 0.717) is 13.0 Å². The second-order valence-electron chi connectivity index (χ2n) is 3.69. The molecular weight excluding hydrogens is 232 g/mol. The molecule has 1 saturated heterocycles. The summed E-state index contributed by atoms with van der Waals surface area (Å²) in [6.45, 7) is 0.421. The third kappa shape index (κ3) is 2.01. The molecule has 0 spiro atoms. The molecule has 1 aliphatic heterocycles. The van der Waals surface area contributed by atoms with E-state index in [1.165, 1.54) is 22.6 Å². The van der Waals surface area contributed by atoms with Crippen LogP contribution in [0.25, 0.3) is 0 Å². The van der Waals surface area contributed by atoms with Crippen LogP contribution in [0.5, 0.6) is 0 Å². The first-order valence-electron chi connectivity index (χ1n) is 4.87. The molecule has 1 aromatic rings. The lowest BCUT2D eigenvalue weighted by atomic mass is 10.3. The minimum absolute atomic E-state index is 0.0428. The van der Waals surface area contributed by atoms with Gasteiger partial charge in [-0.3, -0.25) is 4.79 Å². The van der Waals surface area contributed by atoms with Crippen LogP contribution in [0.2, 0.25) is 0 Å². The molecule has 0 bridgehead atoms. The number of aliphatic hydroxyl groups excluding tert-OH is 1. The maximum atomic E-state index is 12.0. The Hall–Kier alpha value is -1.18. The fourth-order valence-corrected chi connectivity index (χ4v) is 3.09. The van der Waals surface area contributed by atoms with Gasteiger partial charge >= 0.3 is 0 Å². The van der Waals surface area contributed by atoms with Crippen molar-refractivity contribution in [2.24, 2.45) is 0 Å². The minimum atomic E-state index is -3.59. The summed E-state index contributed by atoms with van der Waals surface area (Å²) in [7, 11) is -3.59. The van der Waals surface area contributed by atoms with Crippen molar-refractivity contribution in [3.05, 3.63) is 28.7 Å². The van der Waals surface area contributed by atoms with Crippen molar-refractivity contribution in [3.8, 4) is 0 Å². The summed E-state index contributed by atoms with van der Waals surface area (Å²) >= 11 is 0. The van der Waals surface area contributed by atoms with Gasteiger partial charge in [0.05, 0.1) is 11.0 Å². The number of hydrogen-bond acceptors (Lipinski definition) is 4. The van der Waals surface area contributed by atoms with Gasteiger partial charge in [0, 0.05) is 25.4 Å². The van der Waals surface area contributed by atoms with E-state index in [0.717, 1.165) is 0 Å². The molecule has 0 amide bonds. The number of aromatic amines is 1. The molecule has 0 aromatic carbocycles. The van der Waals surface area contributed by atoms with E-state index in [2.05, 4.69) is 4.98 Å². The van der Waals surface area contributed by atoms with Crippen molar-refractivity contribution in [1.29, 1.82) is 0 Å². The predicted octanol–water partition coefficient (Wildman–Crippen LogP) is -0.870. The Morgan fingerprint density at radius 1 is 1.44 bits per heavy atom. The number of aliphatic hydroxyl groups is 1. The van der Waals surface area contributed by atoms with Crippen LogP contribution in [-0.4, -0.2) is 42.0 Å². The topological polar surface area (TPSA) is 90.5 Å². The number of hydrogen-bond donors (Lipinski definition) is 2. The maximum Gasteiger partial charge on any atom is 0.247 e. The fourth-order valence-electron chi connectivity index (χ4n) is 1.63. The Balaban J connectivity index is 2.32. The molecule has 2 rings (SSSR count). The van der Waals surface area contributed by atoms with Crippen LogP contribution in [0.4, 0.5) is 0 Å². The Labute approximate surface area is 92.6 Å². The highest BCUT2D eigenvalue weighted by Crippen LogP contribution is 2.19. The Kier molecular flexibility index (Phi) is 2.83. The molecule has 6 nitrogen and oxygen atoms in total. The highest BCUT2D eigenvalue weighted by molar-refractivity contribution is 7.89. The van der Waals surface area contributed by atoms with E-state index in [9.17, 15) is 18.3 Å². The lowest BCUT2D eigenvalue weighted by Gasteiger charge is -2.15. The highest BCUT2D eigenvalue weighted by Gasteiger charge is 2.31. The molecule has 0 saturated carbocycles. The average Bonchev–Trinajstić information content (AvgIpc) is 2.66. The monoisotopic (exact) mass is 244 g/mol. The zero-order valence-corrected chi connectivity index (χ0v) is 9.27. The van der Waals surface area contributed by atoms with Crippen LogP contribution in [0.3, 0.4) is 0 Å². The van der Waals surface area contributed by atoms with Gasteiger partial charge in [0.1, 0.15) is 0 Å². The second kappa shape index (κ2) is 4.00. The molecule has 7 heteroatoms. The van der Waals surface area contributed by atoms with Gasteiger partial charge in [0.15, 0.2) is 0 Å². The predicted molar refractivity (Wildman–Crippen MR) is 56.4 cm³/mol. The summed E-state index contributed by atoms with van der Waals surface area (Å²) in [5.41, 5.74) is -0.347. The Morgan fingerprint density at radius 2 is 2.19 bits per heavy atom. The van der Waals surface area contributed by atoms with Crippen LogP contribution < -0.4 is 5.56 Å². The van der Waals surface area contributed by atoms with E-state index in [1.54, 1.807) is 0 Å². The summed E-state index contributed by atoms with van der Waals surface area (Å²) in [6.07, 6.45) is 1.02. The van der Waals surface area contributed by atoms with Crippen LogP contribution in [-0.2, 0) is 10.0 Å². The molecule has 16 heavy (non-hydrogen) atoms. The maximum absolute atomic E-state index is 12.0. The third-order valence-electron chi connectivity index (χ3n) is 2.52. The molecule has 1 unspecified atom stereocenters. The standard InChI is InChI=1S/C9H12N2O4S/c12-7-3-4-11(6-7)16(14,15)8-1-2-9(13)10-5-8/h1-2,5,7,12H,3-4,6H2,(H,10,13). The highest BCUT2D eigenvalue weighted by atomic mass is 32.2. The van der Waals surface area contributed by atoms with Crippen molar-refractivity contribution >= 4 is 10.0 Å². The Morgan fingerprint density at radius 3 is 2.69 bits per heavy atom. The van der Waals surface area contributed by atoms with Gasteiger partial charge < -0.3 is 10.1 Å². The van der Waals surface area contributed by atoms with E-state index in [-0.39, 0.29) is 17.0 Å². The van der Waals surface area contributed by atoms with Crippen molar-refractivity contribution in [2.45, 2.75) is 17.4 Å². The van der Waals surface area contributed by atoms with Gasteiger partial charge in [-0.25, -0.2) is 8.42 Å². The number of H-pyrrole nitrogens is 1. The molecule has 2 heterocycles. The summed E-state index contributed by atoms with van der Waals surface area (Å²) in [5, 5.41) is 9.29. The van der Waals surface area contributed by atoms with E-state index >= 15 is 0 Å². The van der Waals surface area contributed by atoms with E-state index in [1.807, 2.05) is 0 Å². The first-order chi connectivity index (χ1) is 7.50. The second-order valence-corrected chi connectivity index (χ2v) is 5.63. The average molecular weight is 244 g/mol. The smallest absolute Gasteiger partial charge is 0.247 e. The van der Waals surface area contributed by atoms with Gasteiger partial charge in [-0.2, -0.15) is 4.31 Å². The number of sulfonamides is 1. The SMILES string of the molecule is O=c1ccc(S(=O)(=O)N2CCC(O)C2)c[nH]1. The van der Waals surface area contributed by atoms with Crippen LogP contribution in [0.15, 0.2) is 28.0 Å². The van der Waals surface area contributed by atoms with Gasteiger partial charge in [0.25, 0.3) is 0 Å². The Bertz CT molecular complexity index is 516. The summed E-state index contributed by atoms with van der Waals surface area (Å²) in [5.74, 6) is 0. The largest absolute Gasteiger partial charge is 0.392 e. The van der Waals surface area contributed by atoms with E-state index < -0.39 is 16.1 Å². The van der Waals surface area contributed by atoms with Crippen molar-refractivity contribution in [2.75, 3.05) is 13.1 Å². The van der Waals surface area contributed by atoms with Gasteiger partial charge in [-0.1, -0.05) is 0 Å². The zero-order chi connectivity index (χ0) is 11.8. The molecule has 88 valence electrons. The molecule has 1 aromatic heterocycles. The lowest BCUT2D eigenvalue weighted by molar-refractivity contribution is 0.189. The first kappa shape index (κ1) is 11.3. The number of nitrogens with one attached hydrogen (secondary N) is 1. The quantitative estimate of drug-likeness (QED) is 0.707. The zero-order valence-electron chi connectivity index (χ0n) is 8.46. The van der Waals surface area contributed by atoms with Gasteiger partial charge in [0.2, 0.25) is 15.6 Å². The van der Waals surface area contributed by atoms with E-state index in [4.69, 9.17) is 0 Å². The summed E-state index contributed by atoms with van der Waals surface area (Å²) in [4.78, 5) is 13.2. The number of rotatable bonds is 2. The van der Waals surface area contributed by atoms with Gasteiger partial charge in [-0.15, -0.1) is 0 Å². The van der Waals surface area contributed by atoms with Crippen molar-refractivity contribution < 1.29 is 13.5 Å². The molecule has 0 radical (unpaired) electrons. The number of pyridine rings is 1. The van der Waals surface area contributed by atoms with Crippen LogP contribution >= 0.6 is 0 Å². The van der Waals surface area contributed by atoms with Crippen LogP contribution in [0.1, 0.15) is 6.42 Å². The first-order valence-corrected chi connectivity index (χ1v) is 6.31. The number of nitrogens with zero attached hydrogens (tertiary/aromatic N) is 1. The summed E-state index contributed by atoms with van der Waals surface area (Å²) < 4.78 is 25.2. The van der Waals surface area contributed by atoms with Crippen LogP contribution in [0, 0.1) is 0 Å². The molecule has 0 aliphatic carbocycles. The molecule has 2 N–H and O–H groups in total. The molecule has 1 aliphatic rings. The normalized spacial score (nSPS) is 22.4. The number of aromatic nitrogens is 1. The molecule has 1 atom stereocenters. The molecular formula is C9H12N2O4S. The molecule has 1 fully saturated rings. The number of β-amino-alcohol motifs (C(OH)–C–C–N with tert-alkyl or cyclic N) is 1. The van der Waals surface area contributed by atoms with Crippen molar-refractivity contribution in [3.63, 3.8) is 0 Å². The van der Waals surface area contributed by atoms with Crippen molar-refractivity contribution in [1.82, 2.24) is 9.29 Å². The third-order valence-corrected chi connectivity index (χ3v) is 4.38.